The van der Waals surface area contributed by atoms with Gasteiger partial charge in [-0.3, -0.25) is 37.4 Å². The first-order valence-corrected chi connectivity index (χ1v) is 31.9. The summed E-state index contributed by atoms with van der Waals surface area (Å²) in [6, 6.07) is 15.8. The SMILES string of the molecule is CC[C@H]1OC(n2cc(C)c(=O)n(CCCNC(=O)Cc3ccc([SiH](C(C)(C)C)C(C)(C)C)cc3)c2=O)C[C@@H]1C.Cc1cn(C2C[C@H](O)[C@@H](CO)O2)c(=O)n(CCCNC(=O)Cc2ccc([Si](F)(C(C)(C)C)C(C)(C)C)cc2)c1=O. The van der Waals surface area contributed by atoms with E-state index in [0.717, 1.165) is 33.7 Å². The third kappa shape index (κ3) is 15.7. The topological polar surface area (TPSA) is 205 Å². The number of nitrogens with zero attached hydrogens (tertiary/aromatic N) is 4. The molecule has 0 aliphatic carbocycles. The highest BCUT2D eigenvalue weighted by Gasteiger charge is 2.56. The van der Waals surface area contributed by atoms with Gasteiger partial charge >= 0.3 is 11.4 Å². The molecule has 79 heavy (non-hydrogen) atoms. The lowest BCUT2D eigenvalue weighted by Crippen LogP contribution is -2.57. The number of nitrogens with one attached hydrogen (secondary N) is 2. The van der Waals surface area contributed by atoms with Crippen molar-refractivity contribution in [2.24, 2.45) is 5.92 Å². The number of benzene rings is 2. The third-order valence-electron chi connectivity index (χ3n) is 15.6. The van der Waals surface area contributed by atoms with E-state index in [1.54, 1.807) is 24.6 Å². The van der Waals surface area contributed by atoms with Crippen LogP contribution in [0.4, 0.5) is 4.11 Å². The fourth-order valence-corrected chi connectivity index (χ4v) is 22.1. The van der Waals surface area contributed by atoms with Crippen LogP contribution in [0, 0.1) is 19.8 Å². The van der Waals surface area contributed by atoms with Crippen LogP contribution in [0.5, 0.6) is 0 Å². The normalized spacial score (nSPS) is 20.1. The van der Waals surface area contributed by atoms with Gasteiger partial charge in [-0.25, -0.2) is 9.59 Å². The van der Waals surface area contributed by atoms with Crippen LogP contribution in [0.3, 0.4) is 0 Å². The molecular weight excluding hydrogens is 1040 g/mol. The van der Waals surface area contributed by atoms with E-state index in [-0.39, 0.29) is 84.6 Å². The van der Waals surface area contributed by atoms with Crippen molar-refractivity contribution < 1.29 is 33.4 Å². The Kier molecular flexibility index (Phi) is 21.5. The van der Waals surface area contributed by atoms with E-state index in [0.29, 0.717) is 42.9 Å². The zero-order valence-corrected chi connectivity index (χ0v) is 52.3. The Bertz CT molecular complexity index is 2930. The van der Waals surface area contributed by atoms with Crippen molar-refractivity contribution >= 4 is 39.4 Å². The lowest BCUT2D eigenvalue weighted by Gasteiger charge is -2.44. The molecule has 0 saturated carbocycles. The molecule has 0 radical (unpaired) electrons. The van der Waals surface area contributed by atoms with Crippen LogP contribution < -0.4 is 43.5 Å². The highest BCUT2D eigenvalue weighted by atomic mass is 28.4. The van der Waals surface area contributed by atoms with Gasteiger partial charge in [0, 0.05) is 56.1 Å². The Balaban J connectivity index is 0.000000291. The predicted octanol–water partition coefficient (Wildman–Crippen LogP) is 6.87. The van der Waals surface area contributed by atoms with Gasteiger partial charge in [-0.15, -0.1) is 0 Å². The Morgan fingerprint density at radius 1 is 0.671 bits per heavy atom. The number of carbonyl (C=O) groups is 2. The molecule has 6 atom stereocenters. The summed E-state index contributed by atoms with van der Waals surface area (Å²) in [5, 5.41) is 26.8. The van der Waals surface area contributed by atoms with Crippen molar-refractivity contribution in [3.05, 3.63) is 125 Å². The van der Waals surface area contributed by atoms with Gasteiger partial charge < -0.3 is 34.4 Å². The van der Waals surface area contributed by atoms with Gasteiger partial charge in [-0.1, -0.05) is 151 Å². The van der Waals surface area contributed by atoms with Crippen LogP contribution >= 0.6 is 0 Å². The fraction of sp³-hybridized carbons (Fsp3) is 0.633. The summed E-state index contributed by atoms with van der Waals surface area (Å²) in [5.74, 6) is 0.0937. The first-order chi connectivity index (χ1) is 36.6. The van der Waals surface area contributed by atoms with Crippen molar-refractivity contribution in [2.75, 3.05) is 19.7 Å². The van der Waals surface area contributed by atoms with Gasteiger partial charge in [0.2, 0.25) is 11.8 Å². The zero-order chi connectivity index (χ0) is 59.2. The van der Waals surface area contributed by atoms with Crippen molar-refractivity contribution in [2.45, 2.75) is 220 Å². The Hall–Kier alpha value is -5.06. The number of ether oxygens (including phenoxy) is 2. The Morgan fingerprint density at radius 3 is 1.44 bits per heavy atom. The van der Waals surface area contributed by atoms with Crippen molar-refractivity contribution in [1.29, 1.82) is 0 Å². The van der Waals surface area contributed by atoms with E-state index in [1.165, 1.54) is 20.5 Å². The quantitative estimate of drug-likeness (QED) is 0.0463. The van der Waals surface area contributed by atoms with E-state index < -0.39 is 57.0 Å². The monoisotopic (exact) mass is 1130 g/mol. The largest absolute Gasteiger partial charge is 0.394 e. The maximum absolute atomic E-state index is 16.5. The summed E-state index contributed by atoms with van der Waals surface area (Å²) in [6.07, 6.45) is 3.38. The van der Waals surface area contributed by atoms with Gasteiger partial charge in [0.15, 0.2) is 0 Å². The minimum atomic E-state index is -3.37. The average molecular weight is 1130 g/mol. The number of hydrogen-bond donors (Lipinski definition) is 4. The summed E-state index contributed by atoms with van der Waals surface area (Å²) in [5.41, 5.74) is 0.988. The standard InChI is InChI=1S/C31H49N3O4Si.C29H44FN3O6Si/c1-10-25-21(2)18-27(38-25)34-20-22(3)28(36)33(29(34)37)17-11-16-32-26(35)19-23-12-14-24(15-13-23)39(30(4,5)6)31(7,8)9;1-19-17-33(25-16-22(35)23(18-34)39-25)27(38)32(26(19)37)14-8-13-31-24(36)15-20-9-11-21(12-10-20)40(30,28(2,3)4)29(5,6)7/h12-15,20-21,25,27,39H,10-11,16-19H2,1-9H3,(H,32,35);9-12,17,22-23,25,34-35H,8,13-16,18H2,1-7H3,(H,31,36)/t21-,25+,27?;22-,23+,25?/m00/s1. The summed E-state index contributed by atoms with van der Waals surface area (Å²) in [7, 11) is -4.65. The molecule has 2 aliphatic heterocycles. The van der Waals surface area contributed by atoms with E-state index in [9.17, 15) is 39.0 Å². The fourth-order valence-electron chi connectivity index (χ4n) is 12.3. The highest BCUT2D eigenvalue weighted by molar-refractivity contribution is 6.90. The molecule has 2 aromatic heterocycles. The van der Waals surface area contributed by atoms with E-state index in [4.69, 9.17) is 9.47 Å². The number of hydrogen-bond acceptors (Lipinski definition) is 10. The van der Waals surface area contributed by atoms with Gasteiger partial charge in [-0.05, 0) is 81.9 Å². The Morgan fingerprint density at radius 2 is 1.08 bits per heavy atom. The molecule has 2 saturated heterocycles. The van der Waals surface area contributed by atoms with Crippen molar-refractivity contribution in [3.8, 4) is 0 Å². The molecule has 438 valence electrons. The van der Waals surface area contributed by atoms with Crippen LogP contribution in [0.1, 0.15) is 164 Å². The highest BCUT2D eigenvalue weighted by Crippen LogP contribution is 2.51. The lowest BCUT2D eigenvalue weighted by atomic mass is 10.0. The first kappa shape index (κ1) is 64.8. The van der Waals surface area contributed by atoms with Crippen LogP contribution in [0.15, 0.2) is 80.1 Å². The van der Waals surface area contributed by atoms with E-state index in [1.807, 2.05) is 65.8 Å². The van der Waals surface area contributed by atoms with Gasteiger partial charge in [-0.2, -0.15) is 0 Å². The number of aromatic nitrogens is 4. The lowest BCUT2D eigenvalue weighted by molar-refractivity contribution is -0.121. The number of amides is 2. The van der Waals surface area contributed by atoms with Crippen molar-refractivity contribution in [3.63, 3.8) is 0 Å². The molecule has 0 spiro atoms. The number of halogens is 1. The van der Waals surface area contributed by atoms with E-state index in [2.05, 4.69) is 90.3 Å². The number of aliphatic hydroxyl groups is 2. The smallest absolute Gasteiger partial charge is 0.333 e. The minimum absolute atomic E-state index is 0.0591. The van der Waals surface area contributed by atoms with Crippen LogP contribution in [0.2, 0.25) is 20.2 Å². The maximum atomic E-state index is 16.5. The minimum Gasteiger partial charge on any atom is -0.394 e. The molecule has 16 nitrogen and oxygen atoms in total. The Labute approximate surface area is 469 Å². The second-order valence-electron chi connectivity index (χ2n) is 26.3. The molecule has 4 N–H and O–H groups in total. The molecule has 2 fully saturated rings. The molecule has 4 heterocycles. The molecule has 4 aromatic rings. The predicted molar refractivity (Wildman–Crippen MR) is 317 cm³/mol. The molecule has 2 unspecified atom stereocenters. The summed E-state index contributed by atoms with van der Waals surface area (Å²) in [6.45, 7) is 33.9. The van der Waals surface area contributed by atoms with Crippen molar-refractivity contribution in [1.82, 2.24) is 28.9 Å². The molecule has 6 rings (SSSR count). The number of carbonyl (C=O) groups excluding carboxylic acids is 2. The molecular formula is C60H93FN6O10Si2. The summed E-state index contributed by atoms with van der Waals surface area (Å²) in [4.78, 5) is 76.7. The second-order valence-corrected chi connectivity index (χ2v) is 36.2. The molecule has 19 heteroatoms. The molecule has 0 bridgehead atoms. The van der Waals surface area contributed by atoms with E-state index >= 15 is 4.11 Å². The number of aliphatic hydroxyl groups excluding tert-OH is 2. The summed E-state index contributed by atoms with van der Waals surface area (Å²) < 4.78 is 33.4. The zero-order valence-electron chi connectivity index (χ0n) is 50.1. The van der Waals surface area contributed by atoms with Gasteiger partial charge in [0.1, 0.15) is 18.6 Å². The van der Waals surface area contributed by atoms with Crippen LogP contribution in [-0.4, -0.2) is 95.5 Å². The second kappa shape index (κ2) is 26.2. The molecule has 2 aromatic carbocycles. The first-order valence-electron chi connectivity index (χ1n) is 28.3. The average Bonchev–Trinajstić information content (AvgIpc) is 3.98. The third-order valence-corrected chi connectivity index (χ3v) is 25.4. The van der Waals surface area contributed by atoms with Crippen LogP contribution in [-0.2, 0) is 45.0 Å². The molecule has 2 aliphatic rings. The van der Waals surface area contributed by atoms with Gasteiger partial charge in [0.25, 0.3) is 19.5 Å². The molecule has 2 amide bonds. The van der Waals surface area contributed by atoms with Gasteiger partial charge in [0.05, 0.1) is 40.5 Å². The van der Waals surface area contributed by atoms with Crippen LogP contribution in [0.25, 0.3) is 0 Å². The number of rotatable bonds is 18. The maximum Gasteiger partial charge on any atom is 0.333 e. The number of aryl methyl sites for hydroxylation is 2. The summed E-state index contributed by atoms with van der Waals surface area (Å²) >= 11 is 0.